The lowest BCUT2D eigenvalue weighted by molar-refractivity contribution is 0.407. The Balaban J connectivity index is 0. The van der Waals surface area contributed by atoms with Gasteiger partial charge in [0.2, 0.25) is 0 Å². The van der Waals surface area contributed by atoms with E-state index in [1.165, 1.54) is 53.1 Å². The van der Waals surface area contributed by atoms with E-state index in [2.05, 4.69) is 116 Å². The van der Waals surface area contributed by atoms with E-state index in [0.29, 0.717) is 5.92 Å². The maximum absolute atomic E-state index is 3.56. The van der Waals surface area contributed by atoms with Crippen molar-refractivity contribution in [2.24, 2.45) is 18.9 Å². The number of hydrogen-bond acceptors (Lipinski definition) is 1. The van der Waals surface area contributed by atoms with Gasteiger partial charge in [0.15, 0.2) is 0 Å². The fourth-order valence-corrected chi connectivity index (χ4v) is 3.16. The second kappa shape index (κ2) is 20.0. The van der Waals surface area contributed by atoms with E-state index in [1.807, 2.05) is 13.8 Å². The molecular weight excluding hydrogens is 418 g/mol. The Morgan fingerprint density at radius 1 is 0.848 bits per heavy atom. The molecule has 0 fully saturated rings. The predicted octanol–water partition coefficient (Wildman–Crippen LogP) is 11.0. The molecule has 0 amide bonds. The second-order valence-corrected chi connectivity index (χ2v) is 10.5. The molecule has 0 saturated carbocycles. The van der Waals surface area contributed by atoms with E-state index in [9.17, 15) is 0 Å². The molecule has 2 aromatic rings. The summed E-state index contributed by atoms with van der Waals surface area (Å²) in [6.45, 7) is 25.5. The van der Waals surface area contributed by atoms with Crippen molar-refractivity contribution in [3.05, 3.63) is 54.2 Å². The lowest BCUT2D eigenvalue weighted by atomic mass is 9.96. The molecule has 0 saturated heterocycles. The van der Waals surface area contributed by atoms with Gasteiger partial charge in [0.25, 0.3) is 0 Å². The average molecular weight is 474 g/mol. The number of allylic oxidation sites excluding steroid dienone is 1. The van der Waals surface area contributed by atoms with Gasteiger partial charge in [-0.3, -0.25) is 0 Å². The van der Waals surface area contributed by atoms with Crippen molar-refractivity contribution in [3.63, 3.8) is 0 Å². The summed E-state index contributed by atoms with van der Waals surface area (Å²) in [5.41, 5.74) is 5.18. The molecule has 2 atom stereocenters. The second-order valence-electron chi connectivity index (χ2n) is 9.58. The third-order valence-electron chi connectivity index (χ3n) is 5.95. The molecule has 1 aromatic heterocycles. The van der Waals surface area contributed by atoms with Gasteiger partial charge < -0.3 is 4.57 Å². The maximum atomic E-state index is 3.56. The summed E-state index contributed by atoms with van der Waals surface area (Å²) in [5, 5.41) is 0. The first kappa shape index (κ1) is 33.8. The minimum absolute atomic E-state index is 0.620. The molecule has 0 aliphatic carbocycles. The van der Waals surface area contributed by atoms with Gasteiger partial charge in [-0.15, -0.1) is 18.3 Å². The van der Waals surface area contributed by atoms with E-state index in [-0.39, 0.29) is 0 Å². The largest absolute Gasteiger partial charge is 0.347 e. The van der Waals surface area contributed by atoms with Gasteiger partial charge in [-0.05, 0) is 74.1 Å². The molecule has 1 nitrogen and oxygen atoms in total. The van der Waals surface area contributed by atoms with Crippen LogP contribution in [0.5, 0.6) is 0 Å². The smallest absolute Gasteiger partial charge is 0.0479 e. The van der Waals surface area contributed by atoms with E-state index < -0.39 is 0 Å². The maximum Gasteiger partial charge on any atom is 0.0479 e. The Bertz CT molecular complexity index is 718. The monoisotopic (exact) mass is 473 g/mol. The summed E-state index contributed by atoms with van der Waals surface area (Å²) in [5.74, 6) is 2.39. The molecule has 2 rings (SSSR count). The Hall–Kier alpha value is -1.41. The molecule has 1 heterocycles. The zero-order chi connectivity index (χ0) is 26.0. The van der Waals surface area contributed by atoms with E-state index >= 15 is 0 Å². The van der Waals surface area contributed by atoms with Crippen molar-refractivity contribution < 1.29 is 0 Å². The lowest BCUT2D eigenvalue weighted by Gasteiger charge is -2.12. The van der Waals surface area contributed by atoms with Crippen LogP contribution in [0, 0.1) is 11.8 Å². The van der Waals surface area contributed by atoms with Crippen LogP contribution in [0.4, 0.5) is 0 Å². The van der Waals surface area contributed by atoms with E-state index in [0.717, 1.165) is 11.8 Å². The first-order valence-corrected chi connectivity index (χ1v) is 14.1. The molecule has 190 valence electrons. The first-order valence-electron chi connectivity index (χ1n) is 12.9. The molecule has 1 aromatic carbocycles. The molecule has 33 heavy (non-hydrogen) atoms. The number of aromatic nitrogens is 1. The highest BCUT2D eigenvalue weighted by molar-refractivity contribution is 7.98. The highest BCUT2D eigenvalue weighted by Crippen LogP contribution is 2.28. The Morgan fingerprint density at radius 3 is 1.64 bits per heavy atom. The van der Waals surface area contributed by atoms with Crippen molar-refractivity contribution in [3.8, 4) is 11.3 Å². The van der Waals surface area contributed by atoms with Crippen LogP contribution in [0.25, 0.3) is 11.3 Å². The van der Waals surface area contributed by atoms with Gasteiger partial charge in [-0.2, -0.15) is 0 Å². The summed E-state index contributed by atoms with van der Waals surface area (Å²) in [4.78, 5) is 1.31. The number of unbranched alkanes of at least 4 members (excludes halogenated alkanes) is 1. The molecule has 0 aliphatic heterocycles. The summed E-state index contributed by atoms with van der Waals surface area (Å²) in [7, 11) is 2.17. The van der Waals surface area contributed by atoms with Gasteiger partial charge in [0.05, 0.1) is 0 Å². The topological polar surface area (TPSA) is 4.93 Å². The predicted molar refractivity (Wildman–Crippen MR) is 157 cm³/mol. The summed E-state index contributed by atoms with van der Waals surface area (Å²) in [6.07, 6.45) is 7.25. The van der Waals surface area contributed by atoms with E-state index in [1.54, 1.807) is 11.8 Å². The van der Waals surface area contributed by atoms with Crippen LogP contribution >= 0.6 is 11.8 Å². The van der Waals surface area contributed by atoms with Crippen molar-refractivity contribution in [2.75, 3.05) is 6.26 Å². The van der Waals surface area contributed by atoms with Crippen LogP contribution in [-0.4, -0.2) is 10.8 Å². The molecule has 0 N–H and O–H groups in total. The number of benzene rings is 1. The van der Waals surface area contributed by atoms with E-state index in [4.69, 9.17) is 0 Å². The summed E-state index contributed by atoms with van der Waals surface area (Å²) >= 11 is 1.78. The van der Waals surface area contributed by atoms with Crippen molar-refractivity contribution in [1.82, 2.24) is 4.57 Å². The summed E-state index contributed by atoms with van der Waals surface area (Å²) in [6, 6.07) is 13.3. The normalized spacial score (nSPS) is 11.8. The van der Waals surface area contributed by atoms with Gasteiger partial charge in [0, 0.05) is 23.3 Å². The van der Waals surface area contributed by atoms with Crippen LogP contribution < -0.4 is 0 Å². The minimum Gasteiger partial charge on any atom is -0.347 e. The SMILES string of the molecule is C=C(C)C.CCC(C)C(C)C.CCC(C)c1ccc(-c2ccc(SC)cc2)n1C.CCCC. The quantitative estimate of drug-likeness (QED) is 0.286. The third kappa shape index (κ3) is 15.2. The van der Waals surface area contributed by atoms with Gasteiger partial charge in [0.1, 0.15) is 0 Å². The fourth-order valence-electron chi connectivity index (χ4n) is 2.75. The molecule has 2 unspecified atom stereocenters. The van der Waals surface area contributed by atoms with Crippen molar-refractivity contribution in [1.29, 1.82) is 0 Å². The number of hydrogen-bond donors (Lipinski definition) is 0. The van der Waals surface area contributed by atoms with Crippen LogP contribution in [-0.2, 0) is 7.05 Å². The first-order chi connectivity index (χ1) is 15.5. The average Bonchev–Trinajstić information content (AvgIpc) is 3.19. The Labute approximate surface area is 212 Å². The molecule has 0 radical (unpaired) electrons. The zero-order valence-electron chi connectivity index (χ0n) is 24.1. The highest BCUT2D eigenvalue weighted by Gasteiger charge is 2.11. The number of nitrogens with zero attached hydrogens (tertiary/aromatic N) is 1. The van der Waals surface area contributed by atoms with Gasteiger partial charge in [-0.25, -0.2) is 0 Å². The molecule has 0 spiro atoms. The Kier molecular flexibility index (Phi) is 20.5. The highest BCUT2D eigenvalue weighted by atomic mass is 32.2. The molecule has 0 bridgehead atoms. The van der Waals surface area contributed by atoms with Gasteiger partial charge >= 0.3 is 0 Å². The van der Waals surface area contributed by atoms with Crippen LogP contribution in [0.1, 0.15) is 107 Å². The lowest BCUT2D eigenvalue weighted by Crippen LogP contribution is -2.01. The van der Waals surface area contributed by atoms with Gasteiger partial charge in [-0.1, -0.05) is 92.4 Å². The molecule has 2 heteroatoms. The summed E-state index contributed by atoms with van der Waals surface area (Å²) < 4.78 is 2.32. The molecule has 0 aliphatic rings. The standard InChI is InChI=1S/C16H21NS.C7H16.C4H8.C4H10/c1-5-12(2)15-10-11-16(17(15)3)13-6-8-14(18-4)9-7-13;1-5-7(4)6(2)3;1-4(2)3;1-3-4-2/h6-12H,5H2,1-4H3;6-7H,5H2,1-4H3;1H2,2-3H3;3-4H2,1-2H3. The number of rotatable bonds is 7. The van der Waals surface area contributed by atoms with Crippen LogP contribution in [0.2, 0.25) is 0 Å². The van der Waals surface area contributed by atoms with Crippen molar-refractivity contribution in [2.45, 2.75) is 106 Å². The van der Waals surface area contributed by atoms with Crippen LogP contribution in [0.15, 0.2) is 53.4 Å². The fraction of sp³-hybridized carbons (Fsp3) is 0.613. The Morgan fingerprint density at radius 2 is 1.33 bits per heavy atom. The van der Waals surface area contributed by atoms with Crippen LogP contribution in [0.3, 0.4) is 0 Å². The zero-order valence-corrected chi connectivity index (χ0v) is 24.9. The van der Waals surface area contributed by atoms with Crippen molar-refractivity contribution >= 4 is 11.8 Å². The third-order valence-corrected chi connectivity index (χ3v) is 6.69. The molecular formula is C31H55NS. The minimum atomic E-state index is 0.620. The number of thioether (sulfide) groups is 1.